The third kappa shape index (κ3) is 7.18. The topological polar surface area (TPSA) is 132 Å². The van der Waals surface area contributed by atoms with Crippen LogP contribution >= 0.6 is 0 Å². The Balaban J connectivity index is 1.19. The second-order valence-electron chi connectivity index (χ2n) is 12.9. The first-order valence-corrected chi connectivity index (χ1v) is 16.3. The molecule has 12 nitrogen and oxygen atoms in total. The van der Waals surface area contributed by atoms with E-state index in [-0.39, 0.29) is 24.0 Å². The van der Waals surface area contributed by atoms with Gasteiger partial charge in [0.05, 0.1) is 23.6 Å². The number of hydrogen-bond acceptors (Lipinski definition) is 8. The van der Waals surface area contributed by atoms with Crippen molar-refractivity contribution >= 4 is 17.5 Å². The number of hydrogen-bond donors (Lipinski definition) is 1. The zero-order valence-corrected chi connectivity index (χ0v) is 27.8. The molecule has 1 saturated heterocycles. The van der Waals surface area contributed by atoms with Gasteiger partial charge in [-0.15, -0.1) is 0 Å². The number of carbonyl (C=O) groups excluding carboxylic acids is 2. The van der Waals surface area contributed by atoms with Crippen molar-refractivity contribution in [3.05, 3.63) is 104 Å². The molecule has 0 radical (unpaired) electrons. The summed E-state index contributed by atoms with van der Waals surface area (Å²) >= 11 is 0. The highest BCUT2D eigenvalue weighted by Gasteiger charge is 2.29. The third-order valence-electron chi connectivity index (χ3n) is 9.10. The molecule has 15 heteroatoms. The summed E-state index contributed by atoms with van der Waals surface area (Å²) in [5, 5.41) is 2.21. The minimum atomic E-state index is -1.10. The average Bonchev–Trinajstić information content (AvgIpc) is 3.08. The number of rotatable bonds is 8. The predicted molar refractivity (Wildman–Crippen MR) is 177 cm³/mol. The molecule has 0 saturated carbocycles. The van der Waals surface area contributed by atoms with Gasteiger partial charge in [0.1, 0.15) is 17.7 Å². The fraction of sp³-hybridized carbons (Fsp3) is 0.371. The zero-order chi connectivity index (χ0) is 35.7. The van der Waals surface area contributed by atoms with Crippen LogP contribution in [0.1, 0.15) is 60.8 Å². The Morgan fingerprint density at radius 2 is 1.72 bits per heavy atom. The summed E-state index contributed by atoms with van der Waals surface area (Å²) < 4.78 is 51.8. The highest BCUT2D eigenvalue weighted by molar-refractivity contribution is 6.04. The predicted octanol–water partition coefficient (Wildman–Crippen LogP) is 4.45. The molecule has 0 bridgehead atoms. The van der Waals surface area contributed by atoms with Crippen LogP contribution in [0.4, 0.5) is 18.9 Å². The fourth-order valence-electron chi connectivity index (χ4n) is 6.18. The van der Waals surface area contributed by atoms with Crippen LogP contribution < -0.4 is 21.3 Å². The van der Waals surface area contributed by atoms with Gasteiger partial charge in [0.2, 0.25) is 11.8 Å². The fourth-order valence-corrected chi connectivity index (χ4v) is 6.18. The SMILES string of the molecule is CC(C)n1cc(C(=O)Nc2cc(F)c(Oc3ncnc4c3CCN(C(=O)CC3CCN(C)CC3)C4)cc2F)c(=O)n(-c2ccc(F)cc2)c1=O. The van der Waals surface area contributed by atoms with E-state index in [9.17, 15) is 23.6 Å². The van der Waals surface area contributed by atoms with Crippen LogP contribution in [0.2, 0.25) is 0 Å². The molecule has 262 valence electrons. The van der Waals surface area contributed by atoms with Gasteiger partial charge >= 0.3 is 5.69 Å². The molecule has 0 atom stereocenters. The van der Waals surface area contributed by atoms with Crippen molar-refractivity contribution in [2.75, 3.05) is 32.0 Å². The smallest absolute Gasteiger partial charge is 0.335 e. The largest absolute Gasteiger partial charge is 0.435 e. The molecule has 2 aliphatic rings. The van der Waals surface area contributed by atoms with Crippen molar-refractivity contribution in [3.63, 3.8) is 0 Å². The maximum absolute atomic E-state index is 15.4. The summed E-state index contributed by atoms with van der Waals surface area (Å²) in [7, 11) is 2.07. The van der Waals surface area contributed by atoms with Crippen LogP contribution in [-0.2, 0) is 17.8 Å². The standard InChI is InChI=1S/C35H36F3N7O5/c1-20(2)44-17-25(34(48)45(35(44)49)23-6-4-22(36)5-7-23)32(47)41-28-15-27(38)30(16-26(28)37)50-33-24-10-13-43(18-29(24)39-19-40-33)31(46)14-21-8-11-42(3)12-9-21/h4-7,15-17,19-21H,8-14,18H2,1-3H3,(H,41,47). The van der Waals surface area contributed by atoms with E-state index >= 15 is 8.78 Å². The van der Waals surface area contributed by atoms with E-state index < -0.39 is 57.7 Å². The Morgan fingerprint density at radius 3 is 2.42 bits per heavy atom. The van der Waals surface area contributed by atoms with E-state index in [0.717, 1.165) is 54.9 Å². The first-order valence-electron chi connectivity index (χ1n) is 16.3. The second kappa shape index (κ2) is 14.3. The van der Waals surface area contributed by atoms with Crippen molar-refractivity contribution in [3.8, 4) is 17.3 Å². The van der Waals surface area contributed by atoms with E-state index in [1.165, 1.54) is 18.5 Å². The number of nitrogens with zero attached hydrogens (tertiary/aromatic N) is 6. The van der Waals surface area contributed by atoms with Crippen LogP contribution in [0.5, 0.6) is 11.6 Å². The van der Waals surface area contributed by atoms with Gasteiger partial charge in [0, 0.05) is 42.9 Å². The molecule has 2 amide bonds. The van der Waals surface area contributed by atoms with Gasteiger partial charge in [-0.3, -0.25) is 19.0 Å². The van der Waals surface area contributed by atoms with Gasteiger partial charge in [-0.25, -0.2) is 32.5 Å². The summed E-state index contributed by atoms with van der Waals surface area (Å²) in [5.74, 6) is -3.90. The third-order valence-corrected chi connectivity index (χ3v) is 9.10. The lowest BCUT2D eigenvalue weighted by Gasteiger charge is -2.32. The second-order valence-corrected chi connectivity index (χ2v) is 12.9. The quantitative estimate of drug-likeness (QED) is 0.287. The molecule has 4 aromatic rings. The molecular formula is C35H36F3N7O5. The molecular weight excluding hydrogens is 655 g/mol. The zero-order valence-electron chi connectivity index (χ0n) is 27.8. The van der Waals surface area contributed by atoms with E-state index in [2.05, 4.69) is 27.2 Å². The molecule has 2 aromatic heterocycles. The van der Waals surface area contributed by atoms with Gasteiger partial charge in [0.15, 0.2) is 17.4 Å². The number of anilines is 1. The Bertz CT molecular complexity index is 2060. The van der Waals surface area contributed by atoms with E-state index in [4.69, 9.17) is 4.74 Å². The minimum absolute atomic E-state index is 0.0167. The molecule has 50 heavy (non-hydrogen) atoms. The lowest BCUT2D eigenvalue weighted by molar-refractivity contribution is -0.133. The molecule has 1 N–H and O–H groups in total. The number of fused-ring (bicyclic) bond motifs is 1. The Kier molecular flexibility index (Phi) is 9.86. The number of likely N-dealkylation sites (tertiary alicyclic amines) is 1. The van der Waals surface area contributed by atoms with Gasteiger partial charge in [-0.2, -0.15) is 0 Å². The van der Waals surface area contributed by atoms with Crippen LogP contribution in [0.25, 0.3) is 5.69 Å². The number of ether oxygens (including phenoxy) is 1. The van der Waals surface area contributed by atoms with E-state index in [1.54, 1.807) is 18.7 Å². The number of aromatic nitrogens is 4. The molecule has 2 aromatic carbocycles. The summed E-state index contributed by atoms with van der Waals surface area (Å²) in [6.45, 7) is 5.88. The van der Waals surface area contributed by atoms with Crippen LogP contribution in [-0.4, -0.2) is 67.4 Å². The first-order chi connectivity index (χ1) is 23.9. The van der Waals surface area contributed by atoms with Crippen molar-refractivity contribution in [1.82, 2.24) is 28.9 Å². The van der Waals surface area contributed by atoms with Gasteiger partial charge in [0.25, 0.3) is 11.5 Å². The molecule has 0 aliphatic carbocycles. The molecule has 4 heterocycles. The van der Waals surface area contributed by atoms with Gasteiger partial charge < -0.3 is 19.9 Å². The molecule has 0 spiro atoms. The molecule has 1 fully saturated rings. The molecule has 6 rings (SSSR count). The highest BCUT2D eigenvalue weighted by Crippen LogP contribution is 2.33. The number of halogens is 3. The van der Waals surface area contributed by atoms with Crippen LogP contribution in [0.3, 0.4) is 0 Å². The van der Waals surface area contributed by atoms with Gasteiger partial charge in [-0.1, -0.05) is 0 Å². The lowest BCUT2D eigenvalue weighted by atomic mass is 9.93. The Morgan fingerprint density at radius 1 is 1.00 bits per heavy atom. The normalized spacial score (nSPS) is 15.2. The monoisotopic (exact) mass is 691 g/mol. The molecule has 0 unspecified atom stereocenters. The summed E-state index contributed by atoms with van der Waals surface area (Å²) in [4.78, 5) is 65.2. The number of carbonyl (C=O) groups is 2. The Hall–Kier alpha value is -5.31. The highest BCUT2D eigenvalue weighted by atomic mass is 19.1. The molecule has 2 aliphatic heterocycles. The first kappa shape index (κ1) is 34.5. The minimum Gasteiger partial charge on any atom is -0.435 e. The number of amides is 2. The summed E-state index contributed by atoms with van der Waals surface area (Å²) in [6.07, 6.45) is 5.05. The van der Waals surface area contributed by atoms with Gasteiger partial charge in [-0.05, 0) is 83.4 Å². The van der Waals surface area contributed by atoms with E-state index in [0.29, 0.717) is 47.2 Å². The summed E-state index contributed by atoms with van der Waals surface area (Å²) in [6, 6.07) is 5.48. The maximum Gasteiger partial charge on any atom is 0.335 e. The lowest BCUT2D eigenvalue weighted by Crippen LogP contribution is -2.42. The average molecular weight is 692 g/mol. The van der Waals surface area contributed by atoms with E-state index in [1.807, 2.05) is 0 Å². The number of piperidine rings is 1. The van der Waals surface area contributed by atoms with Crippen molar-refractivity contribution in [1.29, 1.82) is 0 Å². The summed E-state index contributed by atoms with van der Waals surface area (Å²) in [5.41, 5.74) is -1.78. The van der Waals surface area contributed by atoms with Crippen molar-refractivity contribution in [2.24, 2.45) is 5.92 Å². The maximum atomic E-state index is 15.4. The van der Waals surface area contributed by atoms with Crippen LogP contribution in [0.15, 0.2) is 58.5 Å². The number of benzene rings is 2. The Labute approximate surface area is 285 Å². The van der Waals surface area contributed by atoms with Crippen molar-refractivity contribution in [2.45, 2.75) is 52.1 Å². The number of nitrogens with one attached hydrogen (secondary N) is 1. The van der Waals surface area contributed by atoms with Crippen LogP contribution in [0, 0.1) is 23.4 Å². The van der Waals surface area contributed by atoms with Crippen molar-refractivity contribution < 1.29 is 27.5 Å².